The molecule has 4 nitrogen and oxygen atoms in total. The van der Waals surface area contributed by atoms with Crippen molar-refractivity contribution < 1.29 is 4.79 Å². The molecular formula is C20H25N3O. The Morgan fingerprint density at radius 2 is 1.79 bits per heavy atom. The number of carbonyl (C=O) groups is 1. The van der Waals surface area contributed by atoms with Crippen molar-refractivity contribution in [2.24, 2.45) is 0 Å². The van der Waals surface area contributed by atoms with Crippen molar-refractivity contribution in [1.29, 1.82) is 0 Å². The SMILES string of the molecule is CN(C)c1cccc(C(=O)NCc2ccc(N3CCCC3)cc2)c1. The second-order valence-electron chi connectivity index (χ2n) is 6.49. The molecule has 2 aromatic rings. The fourth-order valence-corrected chi connectivity index (χ4v) is 3.01. The van der Waals surface area contributed by atoms with Gasteiger partial charge in [-0.3, -0.25) is 4.79 Å². The number of carbonyl (C=O) groups excluding carboxylic acids is 1. The van der Waals surface area contributed by atoms with Gasteiger partial charge in [-0.1, -0.05) is 18.2 Å². The van der Waals surface area contributed by atoms with Gasteiger partial charge in [0.2, 0.25) is 0 Å². The van der Waals surface area contributed by atoms with Gasteiger partial charge in [-0.25, -0.2) is 0 Å². The number of nitrogens with zero attached hydrogens (tertiary/aromatic N) is 2. The first-order valence-corrected chi connectivity index (χ1v) is 8.53. The van der Waals surface area contributed by atoms with Gasteiger partial charge >= 0.3 is 0 Å². The fourth-order valence-electron chi connectivity index (χ4n) is 3.01. The molecule has 24 heavy (non-hydrogen) atoms. The van der Waals surface area contributed by atoms with Crippen LogP contribution < -0.4 is 15.1 Å². The molecule has 0 aliphatic carbocycles. The zero-order chi connectivity index (χ0) is 16.9. The van der Waals surface area contributed by atoms with Crippen molar-refractivity contribution in [3.05, 3.63) is 59.7 Å². The molecule has 0 aromatic heterocycles. The summed E-state index contributed by atoms with van der Waals surface area (Å²) in [6.07, 6.45) is 2.56. The van der Waals surface area contributed by atoms with Gasteiger partial charge in [-0.2, -0.15) is 0 Å². The van der Waals surface area contributed by atoms with E-state index in [0.717, 1.165) is 24.3 Å². The van der Waals surface area contributed by atoms with E-state index < -0.39 is 0 Å². The van der Waals surface area contributed by atoms with Crippen molar-refractivity contribution in [1.82, 2.24) is 5.32 Å². The van der Waals surface area contributed by atoms with E-state index >= 15 is 0 Å². The number of nitrogens with one attached hydrogen (secondary N) is 1. The fraction of sp³-hybridized carbons (Fsp3) is 0.350. The van der Waals surface area contributed by atoms with Crippen LogP contribution in [0.1, 0.15) is 28.8 Å². The Morgan fingerprint density at radius 3 is 2.46 bits per heavy atom. The topological polar surface area (TPSA) is 35.6 Å². The normalized spacial score (nSPS) is 13.8. The Kier molecular flexibility index (Phi) is 5.04. The summed E-state index contributed by atoms with van der Waals surface area (Å²) in [6, 6.07) is 16.2. The number of amides is 1. The average Bonchev–Trinajstić information content (AvgIpc) is 3.15. The predicted molar refractivity (Wildman–Crippen MR) is 99.8 cm³/mol. The van der Waals surface area contributed by atoms with E-state index in [2.05, 4.69) is 34.5 Å². The molecule has 1 heterocycles. The largest absolute Gasteiger partial charge is 0.378 e. The average molecular weight is 323 g/mol. The summed E-state index contributed by atoms with van der Waals surface area (Å²) in [5, 5.41) is 3.00. The van der Waals surface area contributed by atoms with Crippen molar-refractivity contribution >= 4 is 17.3 Å². The first-order chi connectivity index (χ1) is 11.6. The molecule has 4 heteroatoms. The van der Waals surface area contributed by atoms with Crippen LogP contribution in [0, 0.1) is 0 Å². The maximum atomic E-state index is 12.3. The van der Waals surface area contributed by atoms with Crippen LogP contribution in [0.5, 0.6) is 0 Å². The highest BCUT2D eigenvalue weighted by Crippen LogP contribution is 2.20. The van der Waals surface area contributed by atoms with Crippen LogP contribution >= 0.6 is 0 Å². The summed E-state index contributed by atoms with van der Waals surface area (Å²) in [5.41, 5.74) is 4.11. The van der Waals surface area contributed by atoms with Gasteiger partial charge in [-0.15, -0.1) is 0 Å². The van der Waals surface area contributed by atoms with Gasteiger partial charge in [0.25, 0.3) is 5.91 Å². The molecule has 0 saturated carbocycles. The zero-order valence-corrected chi connectivity index (χ0v) is 14.5. The van der Waals surface area contributed by atoms with Crippen molar-refractivity contribution in [2.45, 2.75) is 19.4 Å². The first kappa shape index (κ1) is 16.4. The standard InChI is InChI=1S/C20H25N3O/c1-22(2)19-7-5-6-17(14-19)20(24)21-15-16-8-10-18(11-9-16)23-12-3-4-13-23/h5-11,14H,3-4,12-13,15H2,1-2H3,(H,21,24). The Morgan fingerprint density at radius 1 is 1.08 bits per heavy atom. The second kappa shape index (κ2) is 7.39. The van der Waals surface area contributed by atoms with E-state index in [-0.39, 0.29) is 5.91 Å². The second-order valence-corrected chi connectivity index (χ2v) is 6.49. The molecule has 0 unspecified atom stereocenters. The lowest BCUT2D eigenvalue weighted by atomic mass is 10.1. The number of anilines is 2. The highest BCUT2D eigenvalue weighted by molar-refractivity contribution is 5.95. The lowest BCUT2D eigenvalue weighted by Crippen LogP contribution is -2.23. The first-order valence-electron chi connectivity index (χ1n) is 8.53. The summed E-state index contributed by atoms with van der Waals surface area (Å²) in [5.74, 6) is -0.0395. The van der Waals surface area contributed by atoms with Gasteiger partial charge in [0, 0.05) is 50.7 Å². The maximum Gasteiger partial charge on any atom is 0.251 e. The number of hydrogen-bond donors (Lipinski definition) is 1. The molecular weight excluding hydrogens is 298 g/mol. The molecule has 1 aliphatic rings. The number of hydrogen-bond acceptors (Lipinski definition) is 3. The number of benzene rings is 2. The predicted octanol–water partition coefficient (Wildman–Crippen LogP) is 3.28. The third-order valence-electron chi connectivity index (χ3n) is 4.49. The molecule has 3 rings (SSSR count). The Balaban J connectivity index is 1.58. The third-order valence-corrected chi connectivity index (χ3v) is 4.49. The summed E-state index contributed by atoms with van der Waals surface area (Å²) in [6.45, 7) is 2.85. The molecule has 1 fully saturated rings. The lowest BCUT2D eigenvalue weighted by Gasteiger charge is -2.17. The summed E-state index contributed by atoms with van der Waals surface area (Å²) in [4.78, 5) is 16.7. The van der Waals surface area contributed by atoms with Gasteiger partial charge in [0.15, 0.2) is 0 Å². The summed E-state index contributed by atoms with van der Waals surface area (Å²) >= 11 is 0. The van der Waals surface area contributed by atoms with Crippen molar-refractivity contribution in [3.63, 3.8) is 0 Å². The highest BCUT2D eigenvalue weighted by atomic mass is 16.1. The minimum Gasteiger partial charge on any atom is -0.378 e. The van der Waals surface area contributed by atoms with Crippen LogP contribution in [0.15, 0.2) is 48.5 Å². The highest BCUT2D eigenvalue weighted by Gasteiger charge is 2.12. The molecule has 126 valence electrons. The van der Waals surface area contributed by atoms with E-state index in [1.54, 1.807) is 0 Å². The molecule has 1 N–H and O–H groups in total. The van der Waals surface area contributed by atoms with Crippen molar-refractivity contribution in [2.75, 3.05) is 37.0 Å². The van der Waals surface area contributed by atoms with Crippen LogP contribution in [0.25, 0.3) is 0 Å². The van der Waals surface area contributed by atoms with Gasteiger partial charge in [0.05, 0.1) is 0 Å². The number of rotatable bonds is 5. The summed E-state index contributed by atoms with van der Waals surface area (Å²) in [7, 11) is 3.94. The van der Waals surface area contributed by atoms with Crippen LogP contribution in [-0.2, 0) is 6.54 Å². The minimum absolute atomic E-state index is 0.0395. The van der Waals surface area contributed by atoms with E-state index in [0.29, 0.717) is 12.1 Å². The van der Waals surface area contributed by atoms with Crippen LogP contribution in [0.4, 0.5) is 11.4 Å². The van der Waals surface area contributed by atoms with E-state index in [1.165, 1.54) is 18.5 Å². The monoisotopic (exact) mass is 323 g/mol. The Labute approximate surface area is 144 Å². The van der Waals surface area contributed by atoms with Gasteiger partial charge in [0.1, 0.15) is 0 Å². The molecule has 1 saturated heterocycles. The molecule has 1 amide bonds. The molecule has 0 bridgehead atoms. The van der Waals surface area contributed by atoms with Crippen molar-refractivity contribution in [3.8, 4) is 0 Å². The zero-order valence-electron chi connectivity index (χ0n) is 14.5. The molecule has 1 aliphatic heterocycles. The van der Waals surface area contributed by atoms with Gasteiger partial charge < -0.3 is 15.1 Å². The van der Waals surface area contributed by atoms with Crippen LogP contribution in [0.3, 0.4) is 0 Å². The Hall–Kier alpha value is -2.49. The van der Waals surface area contributed by atoms with Crippen LogP contribution in [-0.4, -0.2) is 33.1 Å². The molecule has 0 atom stereocenters. The van der Waals surface area contributed by atoms with E-state index in [4.69, 9.17) is 0 Å². The smallest absolute Gasteiger partial charge is 0.251 e. The molecule has 0 radical (unpaired) electrons. The van der Waals surface area contributed by atoms with Crippen LogP contribution in [0.2, 0.25) is 0 Å². The quantitative estimate of drug-likeness (QED) is 0.917. The minimum atomic E-state index is -0.0395. The maximum absolute atomic E-state index is 12.3. The van der Waals surface area contributed by atoms with E-state index in [9.17, 15) is 4.79 Å². The summed E-state index contributed by atoms with van der Waals surface area (Å²) < 4.78 is 0. The molecule has 2 aromatic carbocycles. The molecule has 0 spiro atoms. The van der Waals surface area contributed by atoms with Gasteiger partial charge in [-0.05, 0) is 48.7 Å². The van der Waals surface area contributed by atoms with E-state index in [1.807, 2.05) is 43.3 Å². The Bertz CT molecular complexity index is 688. The lowest BCUT2D eigenvalue weighted by molar-refractivity contribution is 0.0951. The third kappa shape index (κ3) is 3.88.